The molecule has 4 heteroatoms. The lowest BCUT2D eigenvalue weighted by molar-refractivity contribution is -0.117. The minimum atomic E-state index is -0.321. The van der Waals surface area contributed by atoms with Crippen LogP contribution in [-0.4, -0.2) is 16.5 Å². The molecule has 0 radical (unpaired) electrons. The first-order valence-electron chi connectivity index (χ1n) is 8.98. The van der Waals surface area contributed by atoms with Gasteiger partial charge in [0.2, 0.25) is 0 Å². The maximum absolute atomic E-state index is 12.3. The molecule has 0 unspecified atom stereocenters. The van der Waals surface area contributed by atoms with Crippen LogP contribution in [0.2, 0.25) is 0 Å². The molecule has 0 bridgehead atoms. The first-order chi connectivity index (χ1) is 12.3. The van der Waals surface area contributed by atoms with Crippen LogP contribution in [0.3, 0.4) is 0 Å². The number of carbonyl (C=O) groups excluding carboxylic acids is 1. The van der Waals surface area contributed by atoms with Crippen LogP contribution in [0.25, 0.3) is 11.8 Å². The third kappa shape index (κ3) is 3.88. The molecule has 26 heavy (non-hydrogen) atoms. The molecule has 4 nitrogen and oxygen atoms in total. The van der Waals surface area contributed by atoms with Gasteiger partial charge in [0.05, 0.1) is 0 Å². The Morgan fingerprint density at radius 2 is 2.00 bits per heavy atom. The zero-order valence-electron chi connectivity index (χ0n) is 16.5. The zero-order chi connectivity index (χ0) is 19.4. The standard InChI is InChI=1S/C22H27N3O/c1-7-15(3)24-22(26)20(13-23)12-19-11-16(4)25(18(19)6)21-10-8-9-14(2)17(21)5/h8-12,15H,7H2,1-6H3,(H,24,26)/b20-12+/t15-/m1/s1. The van der Waals surface area contributed by atoms with Gasteiger partial charge in [-0.1, -0.05) is 19.1 Å². The average molecular weight is 349 g/mol. The quantitative estimate of drug-likeness (QED) is 0.637. The van der Waals surface area contributed by atoms with Gasteiger partial charge < -0.3 is 9.88 Å². The fourth-order valence-corrected chi connectivity index (χ4v) is 2.99. The number of nitrogens with one attached hydrogen (secondary N) is 1. The fraction of sp³-hybridized carbons (Fsp3) is 0.364. The summed E-state index contributed by atoms with van der Waals surface area (Å²) in [5.41, 5.74) is 6.69. The van der Waals surface area contributed by atoms with Crippen molar-refractivity contribution in [1.29, 1.82) is 5.26 Å². The molecule has 0 fully saturated rings. The van der Waals surface area contributed by atoms with E-state index in [2.05, 4.69) is 35.9 Å². The second kappa shape index (κ2) is 8.05. The van der Waals surface area contributed by atoms with Gasteiger partial charge in [-0.25, -0.2) is 0 Å². The highest BCUT2D eigenvalue weighted by molar-refractivity contribution is 6.02. The second-order valence-electron chi connectivity index (χ2n) is 6.83. The van der Waals surface area contributed by atoms with Crippen molar-refractivity contribution in [2.24, 2.45) is 0 Å². The predicted octanol–water partition coefficient (Wildman–Crippen LogP) is 4.53. The molecule has 136 valence electrons. The van der Waals surface area contributed by atoms with E-state index in [1.54, 1.807) is 6.08 Å². The lowest BCUT2D eigenvalue weighted by atomic mass is 10.1. The van der Waals surface area contributed by atoms with E-state index in [1.165, 1.54) is 11.1 Å². The van der Waals surface area contributed by atoms with Crippen molar-refractivity contribution in [2.45, 2.75) is 54.0 Å². The van der Waals surface area contributed by atoms with Crippen LogP contribution in [0, 0.1) is 39.0 Å². The summed E-state index contributed by atoms with van der Waals surface area (Å²) in [5, 5.41) is 12.3. The van der Waals surface area contributed by atoms with Gasteiger partial charge in [-0.3, -0.25) is 4.79 Å². The van der Waals surface area contributed by atoms with Gasteiger partial charge >= 0.3 is 0 Å². The number of rotatable bonds is 5. The lowest BCUT2D eigenvalue weighted by Crippen LogP contribution is -2.32. The Kier molecular flexibility index (Phi) is 6.05. The van der Waals surface area contributed by atoms with Gasteiger partial charge in [-0.05, 0) is 75.9 Å². The van der Waals surface area contributed by atoms with Gasteiger partial charge in [0.1, 0.15) is 11.6 Å². The molecule has 0 aliphatic heterocycles. The topological polar surface area (TPSA) is 57.8 Å². The van der Waals surface area contributed by atoms with Crippen LogP contribution < -0.4 is 5.32 Å². The van der Waals surface area contributed by atoms with Gasteiger partial charge in [0, 0.05) is 23.1 Å². The van der Waals surface area contributed by atoms with Crippen LogP contribution in [-0.2, 0) is 4.79 Å². The first-order valence-corrected chi connectivity index (χ1v) is 8.98. The molecule has 0 saturated heterocycles. The monoisotopic (exact) mass is 349 g/mol. The summed E-state index contributed by atoms with van der Waals surface area (Å²) < 4.78 is 2.18. The highest BCUT2D eigenvalue weighted by Crippen LogP contribution is 2.26. The Hall–Kier alpha value is -2.80. The zero-order valence-corrected chi connectivity index (χ0v) is 16.5. The molecule has 0 spiro atoms. The number of nitriles is 1. The Bertz CT molecular complexity index is 897. The Morgan fingerprint density at radius 1 is 1.31 bits per heavy atom. The summed E-state index contributed by atoms with van der Waals surface area (Å²) in [4.78, 5) is 12.3. The Labute approximate surface area is 156 Å². The number of aryl methyl sites for hydroxylation is 2. The number of benzene rings is 1. The van der Waals surface area contributed by atoms with Gasteiger partial charge in [0.15, 0.2) is 0 Å². The van der Waals surface area contributed by atoms with Crippen molar-refractivity contribution in [3.8, 4) is 11.8 Å². The summed E-state index contributed by atoms with van der Waals surface area (Å²) in [5.74, 6) is -0.321. The second-order valence-corrected chi connectivity index (χ2v) is 6.83. The van der Waals surface area contributed by atoms with Crippen LogP contribution in [0.5, 0.6) is 0 Å². The van der Waals surface area contributed by atoms with E-state index in [4.69, 9.17) is 0 Å². The van der Waals surface area contributed by atoms with Gasteiger partial charge in [-0.15, -0.1) is 0 Å². The van der Waals surface area contributed by atoms with E-state index >= 15 is 0 Å². The summed E-state index contributed by atoms with van der Waals surface area (Å²) in [7, 11) is 0. The molecule has 0 aliphatic carbocycles. The normalized spacial score (nSPS) is 12.6. The van der Waals surface area contributed by atoms with Crippen molar-refractivity contribution in [3.63, 3.8) is 0 Å². The van der Waals surface area contributed by atoms with Crippen molar-refractivity contribution < 1.29 is 4.79 Å². The number of amides is 1. The molecular weight excluding hydrogens is 322 g/mol. The number of aromatic nitrogens is 1. The largest absolute Gasteiger partial charge is 0.349 e. The smallest absolute Gasteiger partial charge is 0.262 e. The summed E-state index contributed by atoms with van der Waals surface area (Å²) >= 11 is 0. The summed E-state index contributed by atoms with van der Waals surface area (Å²) in [6.07, 6.45) is 2.51. The van der Waals surface area contributed by atoms with E-state index in [1.807, 2.05) is 45.9 Å². The minimum absolute atomic E-state index is 0.0432. The molecule has 0 saturated carbocycles. The van der Waals surface area contributed by atoms with E-state index < -0.39 is 0 Å². The number of nitrogens with zero attached hydrogens (tertiary/aromatic N) is 2. The number of hydrogen-bond acceptors (Lipinski definition) is 2. The summed E-state index contributed by atoms with van der Waals surface area (Å²) in [6.45, 7) is 12.2. The predicted molar refractivity (Wildman–Crippen MR) is 106 cm³/mol. The highest BCUT2D eigenvalue weighted by atomic mass is 16.1. The maximum Gasteiger partial charge on any atom is 0.262 e. The van der Waals surface area contributed by atoms with Crippen LogP contribution >= 0.6 is 0 Å². The van der Waals surface area contributed by atoms with E-state index in [0.717, 1.165) is 29.1 Å². The highest BCUT2D eigenvalue weighted by Gasteiger charge is 2.15. The molecular formula is C22H27N3O. The van der Waals surface area contributed by atoms with Gasteiger partial charge in [-0.2, -0.15) is 5.26 Å². The molecule has 1 aromatic carbocycles. The van der Waals surface area contributed by atoms with Gasteiger partial charge in [0.25, 0.3) is 5.91 Å². The molecule has 1 aromatic heterocycles. The molecule has 0 aliphatic rings. The van der Waals surface area contributed by atoms with Crippen molar-refractivity contribution in [2.75, 3.05) is 0 Å². The Balaban J connectivity index is 2.48. The minimum Gasteiger partial charge on any atom is -0.349 e. The van der Waals surface area contributed by atoms with Crippen molar-refractivity contribution in [3.05, 3.63) is 57.9 Å². The molecule has 1 atom stereocenters. The number of hydrogen-bond donors (Lipinski definition) is 1. The molecule has 1 amide bonds. The summed E-state index contributed by atoms with van der Waals surface area (Å²) in [6, 6.07) is 10.3. The van der Waals surface area contributed by atoms with Crippen molar-refractivity contribution >= 4 is 12.0 Å². The van der Waals surface area contributed by atoms with E-state index in [9.17, 15) is 10.1 Å². The lowest BCUT2D eigenvalue weighted by Gasteiger charge is -2.14. The van der Waals surface area contributed by atoms with Crippen molar-refractivity contribution in [1.82, 2.24) is 9.88 Å². The third-order valence-corrected chi connectivity index (χ3v) is 4.94. The molecule has 2 aromatic rings. The average Bonchev–Trinajstić information content (AvgIpc) is 2.88. The first kappa shape index (κ1) is 19.5. The van der Waals surface area contributed by atoms with E-state index in [0.29, 0.717) is 0 Å². The third-order valence-electron chi connectivity index (χ3n) is 4.94. The molecule has 2 rings (SSSR count). The molecule has 1 N–H and O–H groups in total. The number of carbonyl (C=O) groups is 1. The van der Waals surface area contributed by atoms with Crippen LogP contribution in [0.4, 0.5) is 0 Å². The Morgan fingerprint density at radius 3 is 2.62 bits per heavy atom. The van der Waals surface area contributed by atoms with Crippen LogP contribution in [0.1, 0.15) is 48.3 Å². The maximum atomic E-state index is 12.3. The fourth-order valence-electron chi connectivity index (χ4n) is 2.99. The SMILES string of the molecule is CC[C@@H](C)NC(=O)/C(C#N)=C/c1cc(C)n(-c2cccc(C)c2C)c1C. The van der Waals surface area contributed by atoms with Crippen LogP contribution in [0.15, 0.2) is 29.8 Å². The molecule has 1 heterocycles. The van der Waals surface area contributed by atoms with E-state index in [-0.39, 0.29) is 17.5 Å².